The number of ether oxygens (including phenoxy) is 7. The molecule has 2 atom stereocenters. The summed E-state index contributed by atoms with van der Waals surface area (Å²) in [5, 5.41) is 19.8. The molecule has 0 saturated carbocycles. The molecule has 0 saturated heterocycles. The van der Waals surface area contributed by atoms with Gasteiger partial charge in [0.15, 0.2) is 29.1 Å². The molecule has 0 aliphatic rings. The van der Waals surface area contributed by atoms with E-state index in [0.29, 0.717) is 43.6 Å². The van der Waals surface area contributed by atoms with Gasteiger partial charge in [-0.2, -0.15) is 0 Å². The van der Waals surface area contributed by atoms with Crippen molar-refractivity contribution in [2.75, 3.05) is 27.4 Å². The Morgan fingerprint density at radius 3 is 1.11 bits per heavy atom. The van der Waals surface area contributed by atoms with Crippen molar-refractivity contribution in [3.8, 4) is 23.0 Å². The van der Waals surface area contributed by atoms with Gasteiger partial charge in [-0.1, -0.05) is 216 Å². The standard InChI is InChI=1S/C81H126O14/c1-6-9-12-15-16-17-18-19-20-21-22-31-36-41-48-55-79(86)95-72(66-91-77(84)53-46-39-34-29-25-23-27-32-37-44-51-70(49-42-13-10-7-2)93-80(87)62-58-68-56-60-73(82)75(64-68)89-4)67-92-78(85)54-47-40-35-30-26-24-28-33-38-45-52-71(50-43-14-11-8-3)94-81(88)63-59-69-57-61-74(83)76(65-69)90-5/h16-17,19-20,37-38,44-45,56-65,70-72,82-83H,6-15,18,21-36,39-43,46-55,66-67H2,1-5H3. The van der Waals surface area contributed by atoms with Crippen LogP contribution < -0.4 is 9.47 Å². The fourth-order valence-corrected chi connectivity index (χ4v) is 10.9. The molecule has 0 heterocycles. The number of esters is 5. The molecule has 2 rings (SSSR count). The largest absolute Gasteiger partial charge is 0.504 e. The molecule has 14 heteroatoms. The third kappa shape index (κ3) is 48.7. The van der Waals surface area contributed by atoms with Crippen LogP contribution in [0.3, 0.4) is 0 Å². The van der Waals surface area contributed by atoms with Crippen LogP contribution in [0.5, 0.6) is 23.0 Å². The lowest BCUT2D eigenvalue weighted by atomic mass is 10.1. The number of carbonyl (C=O) groups is 5. The first-order valence-corrected chi connectivity index (χ1v) is 37.0. The summed E-state index contributed by atoms with van der Waals surface area (Å²) >= 11 is 0. The summed E-state index contributed by atoms with van der Waals surface area (Å²) in [4.78, 5) is 64.3. The molecule has 534 valence electrons. The highest BCUT2D eigenvalue weighted by molar-refractivity contribution is 5.88. The minimum Gasteiger partial charge on any atom is -0.504 e. The number of hydrogen-bond acceptors (Lipinski definition) is 14. The Kier molecular flexibility index (Phi) is 53.3. The van der Waals surface area contributed by atoms with Crippen LogP contribution in [0.2, 0.25) is 0 Å². The Hall–Kier alpha value is -6.57. The minimum atomic E-state index is -0.866. The van der Waals surface area contributed by atoms with Gasteiger partial charge in [-0.25, -0.2) is 9.59 Å². The normalized spacial score (nSPS) is 12.8. The van der Waals surface area contributed by atoms with E-state index in [1.807, 2.05) is 0 Å². The average molecular weight is 1320 g/mol. The topological polar surface area (TPSA) is 190 Å². The zero-order chi connectivity index (χ0) is 68.9. The van der Waals surface area contributed by atoms with Crippen LogP contribution in [0.1, 0.15) is 302 Å². The van der Waals surface area contributed by atoms with Crippen LogP contribution >= 0.6 is 0 Å². The molecule has 2 unspecified atom stereocenters. The van der Waals surface area contributed by atoms with Gasteiger partial charge in [-0.05, 0) is 150 Å². The molecular formula is C81H126O14. The van der Waals surface area contributed by atoms with E-state index >= 15 is 0 Å². The first-order valence-electron chi connectivity index (χ1n) is 37.0. The molecule has 0 aliphatic carbocycles. The highest BCUT2D eigenvalue weighted by atomic mass is 16.6. The number of rotatable bonds is 61. The second kappa shape index (κ2) is 59.9. The second-order valence-corrected chi connectivity index (χ2v) is 25.2. The van der Waals surface area contributed by atoms with Crippen LogP contribution in [-0.4, -0.2) is 85.8 Å². The zero-order valence-electron chi connectivity index (χ0n) is 59.5. The lowest BCUT2D eigenvalue weighted by molar-refractivity contribution is -0.167. The molecule has 2 aromatic carbocycles. The van der Waals surface area contributed by atoms with E-state index in [1.54, 1.807) is 36.4 Å². The third-order valence-corrected chi connectivity index (χ3v) is 16.7. The highest BCUT2D eigenvalue weighted by Gasteiger charge is 2.20. The van der Waals surface area contributed by atoms with Crippen molar-refractivity contribution >= 4 is 42.0 Å². The van der Waals surface area contributed by atoms with Crippen LogP contribution in [0.25, 0.3) is 12.2 Å². The van der Waals surface area contributed by atoms with E-state index in [1.165, 1.54) is 57.8 Å². The molecule has 0 amide bonds. The van der Waals surface area contributed by atoms with Crippen molar-refractivity contribution in [1.29, 1.82) is 0 Å². The fraction of sp³-hybridized carbons (Fsp3) is 0.642. The third-order valence-electron chi connectivity index (χ3n) is 16.7. The smallest absolute Gasteiger partial charge is 0.331 e. The van der Waals surface area contributed by atoms with Gasteiger partial charge in [0.05, 0.1) is 14.2 Å². The maximum absolute atomic E-state index is 13.0. The van der Waals surface area contributed by atoms with Gasteiger partial charge >= 0.3 is 29.8 Å². The number of benzene rings is 2. The van der Waals surface area contributed by atoms with E-state index in [-0.39, 0.29) is 86.0 Å². The van der Waals surface area contributed by atoms with Crippen LogP contribution in [0.4, 0.5) is 0 Å². The minimum absolute atomic E-state index is 0.0417. The van der Waals surface area contributed by atoms with Gasteiger partial charge in [0, 0.05) is 44.3 Å². The van der Waals surface area contributed by atoms with Gasteiger partial charge in [0.25, 0.3) is 0 Å². The van der Waals surface area contributed by atoms with E-state index in [0.717, 1.165) is 210 Å². The predicted octanol–water partition coefficient (Wildman–Crippen LogP) is 21.3. The van der Waals surface area contributed by atoms with Crippen molar-refractivity contribution in [3.63, 3.8) is 0 Å². The number of methoxy groups -OCH3 is 2. The summed E-state index contributed by atoms with van der Waals surface area (Å²) in [6.45, 7) is 6.28. The lowest BCUT2D eigenvalue weighted by Gasteiger charge is -2.18. The molecule has 14 nitrogen and oxygen atoms in total. The zero-order valence-corrected chi connectivity index (χ0v) is 59.5. The van der Waals surface area contributed by atoms with Crippen molar-refractivity contribution in [2.24, 2.45) is 0 Å². The summed E-state index contributed by atoms with van der Waals surface area (Å²) in [6.07, 6.45) is 63.2. The number of unbranched alkanes of at least 4 members (excludes halogenated alkanes) is 28. The molecule has 2 N–H and O–H groups in total. The number of phenolic OH excluding ortho intramolecular Hbond substituents is 2. The SMILES string of the molecule is CCCCCC=CCC=CCCCCCCCC(=O)OC(COC(=O)CCCCCCCCCC=CCC(CCCCCC)OC(=O)C=Cc1ccc(O)c(OC)c1)COC(=O)CCCCCCCCCC=CCC(CCCCCC)OC(=O)C=Cc1ccc(O)c(OC)c1. The number of phenols is 2. The van der Waals surface area contributed by atoms with Gasteiger partial charge in [0.2, 0.25) is 0 Å². The summed E-state index contributed by atoms with van der Waals surface area (Å²) in [5.74, 6) is -1.08. The Balaban J connectivity index is 1.72. The fourth-order valence-electron chi connectivity index (χ4n) is 10.9. The van der Waals surface area contributed by atoms with Gasteiger partial charge < -0.3 is 43.4 Å². The van der Waals surface area contributed by atoms with E-state index in [2.05, 4.69) is 69.4 Å². The predicted molar refractivity (Wildman–Crippen MR) is 386 cm³/mol. The molecule has 0 aromatic heterocycles. The maximum atomic E-state index is 13.0. The molecule has 95 heavy (non-hydrogen) atoms. The maximum Gasteiger partial charge on any atom is 0.331 e. The van der Waals surface area contributed by atoms with Gasteiger partial charge in [-0.15, -0.1) is 0 Å². The number of carbonyl (C=O) groups excluding carboxylic acids is 5. The molecule has 0 spiro atoms. The molecule has 0 radical (unpaired) electrons. The van der Waals surface area contributed by atoms with Gasteiger partial charge in [0.1, 0.15) is 25.4 Å². The molecule has 0 fully saturated rings. The molecule has 0 bridgehead atoms. The first kappa shape index (κ1) is 84.5. The highest BCUT2D eigenvalue weighted by Crippen LogP contribution is 2.28. The van der Waals surface area contributed by atoms with Crippen LogP contribution in [0, 0.1) is 0 Å². The van der Waals surface area contributed by atoms with Crippen LogP contribution in [0.15, 0.2) is 97.2 Å². The number of hydrogen-bond donors (Lipinski definition) is 2. The van der Waals surface area contributed by atoms with E-state index < -0.39 is 6.10 Å². The van der Waals surface area contributed by atoms with Crippen molar-refractivity contribution in [2.45, 2.75) is 309 Å². The summed E-state index contributed by atoms with van der Waals surface area (Å²) in [7, 11) is 2.97. The van der Waals surface area contributed by atoms with E-state index in [4.69, 9.17) is 33.2 Å². The van der Waals surface area contributed by atoms with Crippen molar-refractivity contribution in [3.05, 3.63) is 108 Å². The average Bonchev–Trinajstić information content (AvgIpc) is 1.06. The lowest BCUT2D eigenvalue weighted by Crippen LogP contribution is -2.30. The Labute approximate surface area is 574 Å². The van der Waals surface area contributed by atoms with Crippen molar-refractivity contribution < 1.29 is 67.3 Å². The molecule has 2 aromatic rings. The second-order valence-electron chi connectivity index (χ2n) is 25.2. The number of allylic oxidation sites excluding steroid dienone is 6. The Bertz CT molecular complexity index is 2350. The summed E-state index contributed by atoms with van der Waals surface area (Å²) < 4.78 is 39.1. The van der Waals surface area contributed by atoms with Crippen molar-refractivity contribution in [1.82, 2.24) is 0 Å². The Morgan fingerprint density at radius 2 is 0.716 bits per heavy atom. The van der Waals surface area contributed by atoms with Crippen LogP contribution in [-0.2, 0) is 47.7 Å². The summed E-state index contributed by atoms with van der Waals surface area (Å²) in [6, 6.07) is 9.83. The molecule has 0 aliphatic heterocycles. The van der Waals surface area contributed by atoms with Gasteiger partial charge in [-0.3, -0.25) is 14.4 Å². The number of aromatic hydroxyl groups is 2. The molecular weight excluding hydrogens is 1200 g/mol. The Morgan fingerprint density at radius 1 is 0.379 bits per heavy atom. The van der Waals surface area contributed by atoms with E-state index in [9.17, 15) is 34.2 Å². The monoisotopic (exact) mass is 1320 g/mol. The quantitative estimate of drug-likeness (QED) is 0.0209. The first-order chi connectivity index (χ1) is 46.4. The summed E-state index contributed by atoms with van der Waals surface area (Å²) in [5.41, 5.74) is 1.46.